The largest absolute Gasteiger partial charge is 0.478 e. The van der Waals surface area contributed by atoms with Gasteiger partial charge in [-0.05, 0) is 60.1 Å². The molecule has 1 aliphatic heterocycles. The second-order valence-electron chi connectivity index (χ2n) is 5.10. The summed E-state index contributed by atoms with van der Waals surface area (Å²) in [5, 5.41) is 18.6. The predicted octanol–water partition coefficient (Wildman–Crippen LogP) is 1.38. The molecule has 1 aromatic rings. The molecule has 0 bridgehead atoms. The molecule has 116 valence electrons. The lowest BCUT2D eigenvalue weighted by Gasteiger charge is -2.18. The molecule has 8 heteroatoms. The van der Waals surface area contributed by atoms with Crippen LogP contribution in [0.2, 0.25) is 0 Å². The summed E-state index contributed by atoms with van der Waals surface area (Å²) in [5.41, 5.74) is -0.0250. The molecular weight excluding hydrogens is 409 g/mol. The second-order valence-corrected chi connectivity index (χ2v) is 8.20. The third-order valence-electron chi connectivity index (χ3n) is 3.68. The monoisotopic (exact) mass is 425 g/mol. The Kier molecular flexibility index (Phi) is 4.91. The summed E-state index contributed by atoms with van der Waals surface area (Å²) in [5.74, 6) is -1.23. The zero-order chi connectivity index (χ0) is 15.8. The summed E-state index contributed by atoms with van der Waals surface area (Å²) in [7, 11) is -3.72. The zero-order valence-corrected chi connectivity index (χ0v) is 14.3. The van der Waals surface area contributed by atoms with Crippen molar-refractivity contribution in [2.24, 2.45) is 5.92 Å². The van der Waals surface area contributed by atoms with Crippen LogP contribution in [0.3, 0.4) is 0 Å². The fourth-order valence-corrected chi connectivity index (χ4v) is 4.45. The van der Waals surface area contributed by atoms with Crippen molar-refractivity contribution in [3.63, 3.8) is 0 Å². The number of carboxylic acids is 1. The molecule has 21 heavy (non-hydrogen) atoms. The normalized spacial score (nSPS) is 21.4. The topological polar surface area (TPSA) is 94.9 Å². The number of carboxylic acid groups (broad SMARTS) is 1. The van der Waals surface area contributed by atoms with Gasteiger partial charge in [0.2, 0.25) is 10.0 Å². The van der Waals surface area contributed by atoms with Crippen LogP contribution in [0.1, 0.15) is 23.7 Å². The van der Waals surface area contributed by atoms with Crippen LogP contribution >= 0.6 is 22.6 Å². The van der Waals surface area contributed by atoms with Gasteiger partial charge in [-0.25, -0.2) is 13.2 Å². The first kappa shape index (κ1) is 16.7. The highest BCUT2D eigenvalue weighted by Crippen LogP contribution is 2.27. The number of benzene rings is 1. The average Bonchev–Trinajstić information content (AvgIpc) is 2.89. The molecule has 6 nitrogen and oxygen atoms in total. The Morgan fingerprint density at radius 2 is 2.14 bits per heavy atom. The number of halogens is 1. The second kappa shape index (κ2) is 6.19. The minimum Gasteiger partial charge on any atom is -0.478 e. The van der Waals surface area contributed by atoms with Crippen LogP contribution in [0, 0.1) is 9.49 Å². The molecule has 0 saturated carbocycles. The number of nitrogens with zero attached hydrogens (tertiary/aromatic N) is 1. The standard InChI is InChI=1S/C13H16INO5S/c1-8(16)9-4-5-15(7-9)21(19,20)10-2-3-12(14)11(6-10)13(17)18/h2-3,6,8-9,16H,4-5,7H2,1H3,(H,17,18). The first-order valence-corrected chi connectivity index (χ1v) is 8.96. The third-order valence-corrected chi connectivity index (χ3v) is 6.48. The Morgan fingerprint density at radius 3 is 2.67 bits per heavy atom. The van der Waals surface area contributed by atoms with Gasteiger partial charge in [0.1, 0.15) is 0 Å². The number of aliphatic hydroxyl groups excluding tert-OH is 1. The maximum atomic E-state index is 12.5. The van der Waals surface area contributed by atoms with E-state index in [1.807, 2.05) is 22.6 Å². The van der Waals surface area contributed by atoms with Crippen LogP contribution in [0.5, 0.6) is 0 Å². The Morgan fingerprint density at radius 1 is 1.48 bits per heavy atom. The minimum absolute atomic E-state index is 0.0217. The smallest absolute Gasteiger partial charge is 0.336 e. The van der Waals surface area contributed by atoms with E-state index in [2.05, 4.69) is 0 Å². The molecule has 2 atom stereocenters. The van der Waals surface area contributed by atoms with E-state index in [4.69, 9.17) is 5.11 Å². The molecular formula is C13H16INO5S. The molecule has 1 aliphatic rings. The van der Waals surface area contributed by atoms with Gasteiger partial charge in [0, 0.05) is 16.7 Å². The molecule has 1 aromatic carbocycles. The third kappa shape index (κ3) is 3.38. The van der Waals surface area contributed by atoms with E-state index in [0.717, 1.165) is 0 Å². The number of aliphatic hydroxyl groups is 1. The lowest BCUT2D eigenvalue weighted by Crippen LogP contribution is -2.30. The lowest BCUT2D eigenvalue weighted by atomic mass is 10.0. The van der Waals surface area contributed by atoms with Crippen molar-refractivity contribution in [3.8, 4) is 0 Å². The van der Waals surface area contributed by atoms with Gasteiger partial charge in [0.15, 0.2) is 0 Å². The van der Waals surface area contributed by atoms with E-state index in [1.165, 1.54) is 22.5 Å². The van der Waals surface area contributed by atoms with Gasteiger partial charge < -0.3 is 10.2 Å². The highest BCUT2D eigenvalue weighted by Gasteiger charge is 2.34. The van der Waals surface area contributed by atoms with Crippen molar-refractivity contribution in [1.82, 2.24) is 4.31 Å². The van der Waals surface area contributed by atoms with Crippen molar-refractivity contribution in [2.45, 2.75) is 24.3 Å². The molecule has 1 heterocycles. The van der Waals surface area contributed by atoms with Crippen LogP contribution in [-0.2, 0) is 10.0 Å². The molecule has 2 N–H and O–H groups in total. The van der Waals surface area contributed by atoms with Crippen LogP contribution in [0.15, 0.2) is 23.1 Å². The van der Waals surface area contributed by atoms with E-state index in [0.29, 0.717) is 16.5 Å². The fraction of sp³-hybridized carbons (Fsp3) is 0.462. The van der Waals surface area contributed by atoms with Crippen LogP contribution in [0.4, 0.5) is 0 Å². The minimum atomic E-state index is -3.72. The summed E-state index contributed by atoms with van der Waals surface area (Å²) in [6.07, 6.45) is 0.0454. The van der Waals surface area contributed by atoms with Gasteiger partial charge in [-0.15, -0.1) is 0 Å². The van der Waals surface area contributed by atoms with E-state index < -0.39 is 22.1 Å². The van der Waals surface area contributed by atoms with E-state index in [-0.39, 0.29) is 22.9 Å². The number of rotatable bonds is 4. The maximum absolute atomic E-state index is 12.5. The van der Waals surface area contributed by atoms with Gasteiger partial charge in [-0.2, -0.15) is 4.31 Å². The molecule has 0 amide bonds. The number of hydrogen-bond donors (Lipinski definition) is 2. The molecule has 1 saturated heterocycles. The Bertz CT molecular complexity index is 659. The predicted molar refractivity (Wildman–Crippen MR) is 84.7 cm³/mol. The number of aromatic carboxylic acids is 1. The van der Waals surface area contributed by atoms with Crippen molar-refractivity contribution in [3.05, 3.63) is 27.3 Å². The number of sulfonamides is 1. The summed E-state index contributed by atoms with van der Waals surface area (Å²) < 4.78 is 26.9. The van der Waals surface area contributed by atoms with E-state index >= 15 is 0 Å². The fourth-order valence-electron chi connectivity index (χ4n) is 2.34. The first-order valence-electron chi connectivity index (χ1n) is 6.44. The van der Waals surface area contributed by atoms with Crippen molar-refractivity contribution in [2.75, 3.05) is 13.1 Å². The number of carbonyl (C=O) groups is 1. The Labute approximate surface area is 137 Å². The average molecular weight is 425 g/mol. The summed E-state index contributed by atoms with van der Waals surface area (Å²) in [6.45, 7) is 2.24. The molecule has 0 aliphatic carbocycles. The highest BCUT2D eigenvalue weighted by atomic mass is 127. The lowest BCUT2D eigenvalue weighted by molar-refractivity contribution is 0.0695. The summed E-state index contributed by atoms with van der Waals surface area (Å²) in [6, 6.07) is 4.09. The molecule has 2 rings (SSSR count). The number of hydrogen-bond acceptors (Lipinski definition) is 4. The van der Waals surface area contributed by atoms with Crippen molar-refractivity contribution in [1.29, 1.82) is 0 Å². The summed E-state index contributed by atoms with van der Waals surface area (Å²) in [4.78, 5) is 11.1. The van der Waals surface area contributed by atoms with Crippen molar-refractivity contribution >= 4 is 38.6 Å². The Hall–Kier alpha value is -0.710. The SMILES string of the molecule is CC(O)C1CCN(S(=O)(=O)c2ccc(I)c(C(=O)O)c2)C1. The van der Waals surface area contributed by atoms with Crippen LogP contribution in [-0.4, -0.2) is 48.1 Å². The molecule has 0 spiro atoms. The first-order chi connectivity index (χ1) is 9.73. The zero-order valence-electron chi connectivity index (χ0n) is 11.4. The van der Waals surface area contributed by atoms with Gasteiger partial charge in [-0.3, -0.25) is 0 Å². The van der Waals surface area contributed by atoms with E-state index in [9.17, 15) is 18.3 Å². The molecule has 0 radical (unpaired) electrons. The van der Waals surface area contributed by atoms with Crippen LogP contribution in [0.25, 0.3) is 0 Å². The maximum Gasteiger partial charge on any atom is 0.336 e. The quantitative estimate of drug-likeness (QED) is 0.711. The molecule has 0 aromatic heterocycles. The van der Waals surface area contributed by atoms with Gasteiger partial charge in [0.25, 0.3) is 0 Å². The molecule has 1 fully saturated rings. The van der Waals surface area contributed by atoms with Gasteiger partial charge in [-0.1, -0.05) is 0 Å². The van der Waals surface area contributed by atoms with Crippen molar-refractivity contribution < 1.29 is 23.4 Å². The molecule has 2 unspecified atom stereocenters. The van der Waals surface area contributed by atoms with Gasteiger partial charge >= 0.3 is 5.97 Å². The van der Waals surface area contributed by atoms with E-state index in [1.54, 1.807) is 6.92 Å². The summed E-state index contributed by atoms with van der Waals surface area (Å²) >= 11 is 1.86. The highest BCUT2D eigenvalue weighted by molar-refractivity contribution is 14.1. The van der Waals surface area contributed by atoms with Crippen LogP contribution < -0.4 is 0 Å². The Balaban J connectivity index is 2.33. The van der Waals surface area contributed by atoms with Gasteiger partial charge in [0.05, 0.1) is 16.6 Å².